The number of aromatic nitrogens is 3. The minimum absolute atomic E-state index is 0.120. The number of nitrogens with zero attached hydrogens (tertiary/aromatic N) is 3. The maximum absolute atomic E-state index is 5.91. The van der Waals surface area contributed by atoms with Gasteiger partial charge in [0.25, 0.3) is 5.89 Å². The Labute approximate surface area is 151 Å². The summed E-state index contributed by atoms with van der Waals surface area (Å²) in [5.74, 6) is 1.90. The van der Waals surface area contributed by atoms with Gasteiger partial charge in [-0.15, -0.1) is 11.8 Å². The second-order valence-corrected chi connectivity index (χ2v) is 9.49. The van der Waals surface area contributed by atoms with Gasteiger partial charge in [0.1, 0.15) is 11.8 Å². The highest BCUT2D eigenvalue weighted by Gasteiger charge is 2.42. The lowest BCUT2D eigenvalue weighted by molar-refractivity contribution is 0.0217. The Morgan fingerprint density at radius 1 is 1.20 bits per heavy atom. The van der Waals surface area contributed by atoms with Gasteiger partial charge in [-0.3, -0.25) is 4.98 Å². The predicted molar refractivity (Wildman–Crippen MR) is 94.2 cm³/mol. The zero-order chi connectivity index (χ0) is 17.4. The molecule has 4 rings (SSSR count). The smallest absolute Gasteiger partial charge is 0.256 e. The molecule has 134 valence electrons. The van der Waals surface area contributed by atoms with Crippen molar-refractivity contribution in [3.05, 3.63) is 24.2 Å². The first-order chi connectivity index (χ1) is 12.0. The van der Waals surface area contributed by atoms with Gasteiger partial charge in [0.15, 0.2) is 0 Å². The van der Waals surface area contributed by atoms with Crippen molar-refractivity contribution in [2.45, 2.75) is 42.9 Å². The third-order valence-corrected chi connectivity index (χ3v) is 5.58. The molecule has 3 unspecified atom stereocenters. The number of hydrogen-bond donors (Lipinski definition) is 0. The first-order valence-corrected chi connectivity index (χ1v) is 9.50. The Balaban J connectivity index is 1.49. The molecule has 6 nitrogen and oxygen atoms in total. The number of rotatable bonds is 3. The van der Waals surface area contributed by atoms with Crippen molar-refractivity contribution in [1.82, 2.24) is 15.1 Å². The summed E-state index contributed by atoms with van der Waals surface area (Å²) >= 11 is 1.78. The lowest BCUT2D eigenvalue weighted by Crippen LogP contribution is -2.27. The molecule has 2 aromatic rings. The van der Waals surface area contributed by atoms with E-state index in [4.69, 9.17) is 14.0 Å². The molecule has 0 aliphatic carbocycles. The van der Waals surface area contributed by atoms with Crippen LogP contribution in [0.15, 0.2) is 27.7 Å². The number of pyridine rings is 1. The van der Waals surface area contributed by atoms with Crippen LogP contribution in [-0.4, -0.2) is 39.7 Å². The molecule has 0 saturated carbocycles. The zero-order valence-electron chi connectivity index (χ0n) is 14.8. The summed E-state index contributed by atoms with van der Waals surface area (Å²) in [6.45, 7) is 8.78. The van der Waals surface area contributed by atoms with Crippen LogP contribution in [-0.2, 0) is 9.47 Å². The van der Waals surface area contributed by atoms with Crippen LogP contribution in [0.1, 0.15) is 39.2 Å². The monoisotopic (exact) mass is 361 g/mol. The van der Waals surface area contributed by atoms with E-state index in [9.17, 15) is 0 Å². The second-order valence-electron chi connectivity index (χ2n) is 7.59. The molecule has 3 atom stereocenters. The van der Waals surface area contributed by atoms with Crippen molar-refractivity contribution in [1.29, 1.82) is 0 Å². The minimum Gasteiger partial charge on any atom is -0.381 e. The number of hydrogen-bond acceptors (Lipinski definition) is 7. The third kappa shape index (κ3) is 3.73. The Morgan fingerprint density at radius 3 is 2.84 bits per heavy atom. The molecule has 2 fully saturated rings. The zero-order valence-corrected chi connectivity index (χ0v) is 15.6. The van der Waals surface area contributed by atoms with E-state index >= 15 is 0 Å². The molecular weight excluding hydrogens is 338 g/mol. The molecule has 0 bridgehead atoms. The number of ether oxygens (including phenoxy) is 2. The average Bonchev–Trinajstić information content (AvgIpc) is 3.20. The Hall–Kier alpha value is -1.44. The van der Waals surface area contributed by atoms with E-state index in [1.807, 2.05) is 12.3 Å². The molecule has 7 heteroatoms. The Morgan fingerprint density at radius 2 is 2.08 bits per heavy atom. The summed E-state index contributed by atoms with van der Waals surface area (Å²) in [4.78, 5) is 10.2. The van der Waals surface area contributed by atoms with Crippen LogP contribution in [0, 0.1) is 11.8 Å². The van der Waals surface area contributed by atoms with Gasteiger partial charge in [-0.05, 0) is 18.6 Å². The summed E-state index contributed by atoms with van der Waals surface area (Å²) in [6.07, 6.45) is 2.72. The van der Waals surface area contributed by atoms with Gasteiger partial charge in [0, 0.05) is 34.3 Å². The normalized spacial score (nSPS) is 26.6. The van der Waals surface area contributed by atoms with E-state index in [2.05, 4.69) is 42.0 Å². The van der Waals surface area contributed by atoms with Gasteiger partial charge in [0.2, 0.25) is 5.82 Å². The van der Waals surface area contributed by atoms with Crippen molar-refractivity contribution in [3.63, 3.8) is 0 Å². The van der Waals surface area contributed by atoms with Crippen molar-refractivity contribution in [2.24, 2.45) is 11.8 Å². The molecule has 25 heavy (non-hydrogen) atoms. The minimum atomic E-state index is -0.120. The molecule has 0 aromatic carbocycles. The fraction of sp³-hybridized carbons (Fsp3) is 0.611. The molecule has 2 aromatic heterocycles. The van der Waals surface area contributed by atoms with Crippen molar-refractivity contribution in [2.75, 3.05) is 19.8 Å². The van der Waals surface area contributed by atoms with Gasteiger partial charge >= 0.3 is 0 Å². The van der Waals surface area contributed by atoms with Gasteiger partial charge < -0.3 is 14.0 Å². The SMILES string of the molecule is CC(C)(C)Sc1ccc(-c2noc(C3OCC4COCCC43)n2)nc1. The quantitative estimate of drug-likeness (QED) is 0.771. The topological polar surface area (TPSA) is 70.3 Å². The molecule has 0 spiro atoms. The van der Waals surface area contributed by atoms with Crippen LogP contribution in [0.25, 0.3) is 11.5 Å². The maximum atomic E-state index is 5.91. The highest BCUT2D eigenvalue weighted by Crippen LogP contribution is 2.42. The number of thioether (sulfide) groups is 1. The average molecular weight is 361 g/mol. The lowest BCUT2D eigenvalue weighted by atomic mass is 9.87. The van der Waals surface area contributed by atoms with E-state index in [-0.39, 0.29) is 10.9 Å². The van der Waals surface area contributed by atoms with Crippen molar-refractivity contribution < 1.29 is 14.0 Å². The fourth-order valence-corrected chi connectivity index (χ4v) is 4.32. The molecule has 4 heterocycles. The van der Waals surface area contributed by atoms with Crippen LogP contribution < -0.4 is 0 Å². The van der Waals surface area contributed by atoms with Crippen LogP contribution in [0.2, 0.25) is 0 Å². The van der Waals surface area contributed by atoms with Gasteiger partial charge in [-0.25, -0.2) is 0 Å². The predicted octanol–water partition coefficient (Wildman–Crippen LogP) is 3.75. The number of fused-ring (bicyclic) bond motifs is 1. The first-order valence-electron chi connectivity index (χ1n) is 8.68. The lowest BCUT2D eigenvalue weighted by Gasteiger charge is -2.25. The van der Waals surface area contributed by atoms with Crippen LogP contribution in [0.5, 0.6) is 0 Å². The van der Waals surface area contributed by atoms with E-state index < -0.39 is 0 Å². The molecule has 0 radical (unpaired) electrons. The Kier molecular flexibility index (Phi) is 4.56. The van der Waals surface area contributed by atoms with Crippen LogP contribution in [0.3, 0.4) is 0 Å². The van der Waals surface area contributed by atoms with E-state index in [0.717, 1.165) is 30.2 Å². The molecular formula is C18H23N3O3S. The summed E-state index contributed by atoms with van der Waals surface area (Å²) in [5.41, 5.74) is 0.717. The van der Waals surface area contributed by atoms with E-state index in [0.29, 0.717) is 30.2 Å². The molecule has 2 aliphatic rings. The van der Waals surface area contributed by atoms with Crippen LogP contribution in [0.4, 0.5) is 0 Å². The second kappa shape index (κ2) is 6.70. The molecule has 0 N–H and O–H groups in total. The fourth-order valence-electron chi connectivity index (χ4n) is 3.37. The van der Waals surface area contributed by atoms with Crippen molar-refractivity contribution in [3.8, 4) is 11.5 Å². The first kappa shape index (κ1) is 17.0. The highest BCUT2D eigenvalue weighted by molar-refractivity contribution is 8.00. The standard InChI is InChI=1S/C18H23N3O3S/c1-18(2,3)25-12-4-5-14(19-8-12)16-20-17(24-21-16)15-13-6-7-22-9-11(13)10-23-15/h4-5,8,11,13,15H,6-7,9-10H2,1-3H3. The molecule has 2 saturated heterocycles. The Bertz CT molecular complexity index is 726. The van der Waals surface area contributed by atoms with Crippen LogP contribution >= 0.6 is 11.8 Å². The summed E-state index contributed by atoms with van der Waals surface area (Å²) in [7, 11) is 0. The van der Waals surface area contributed by atoms with Gasteiger partial charge in [-0.1, -0.05) is 25.9 Å². The largest absolute Gasteiger partial charge is 0.381 e. The summed E-state index contributed by atoms with van der Waals surface area (Å²) in [5, 5.41) is 4.11. The van der Waals surface area contributed by atoms with E-state index in [1.165, 1.54) is 0 Å². The summed E-state index contributed by atoms with van der Waals surface area (Å²) in [6, 6.07) is 3.99. The van der Waals surface area contributed by atoms with Crippen molar-refractivity contribution >= 4 is 11.8 Å². The third-order valence-electron chi connectivity index (χ3n) is 4.49. The molecule has 2 aliphatic heterocycles. The molecule has 0 amide bonds. The summed E-state index contributed by atoms with van der Waals surface area (Å²) < 4.78 is 17.1. The highest BCUT2D eigenvalue weighted by atomic mass is 32.2. The van der Waals surface area contributed by atoms with Gasteiger partial charge in [0.05, 0.1) is 13.2 Å². The van der Waals surface area contributed by atoms with Gasteiger partial charge in [-0.2, -0.15) is 4.98 Å². The van der Waals surface area contributed by atoms with E-state index in [1.54, 1.807) is 11.8 Å². The maximum Gasteiger partial charge on any atom is 0.256 e.